The maximum Gasteiger partial charge on any atom is 0.488 e. The zero-order valence-electron chi connectivity index (χ0n) is 8.50. The van der Waals surface area contributed by atoms with E-state index in [1.165, 1.54) is 4.67 Å². The summed E-state index contributed by atoms with van der Waals surface area (Å²) in [5.41, 5.74) is 1.65. The normalized spacial score (nSPS) is 14.7. The third-order valence-electron chi connectivity index (χ3n) is 2.46. The van der Waals surface area contributed by atoms with Crippen LogP contribution in [0, 0.1) is 0 Å². The van der Waals surface area contributed by atoms with Crippen molar-refractivity contribution in [1.82, 2.24) is 4.67 Å². The predicted molar refractivity (Wildman–Crippen MR) is 66.0 cm³/mol. The highest BCUT2D eigenvalue weighted by Crippen LogP contribution is 2.18. The summed E-state index contributed by atoms with van der Waals surface area (Å²) in [5.74, 6) is -0.0935. The molecule has 0 radical (unpaired) electrons. The molecule has 1 heterocycles. The molecule has 1 aromatic rings. The van der Waals surface area contributed by atoms with E-state index in [0.717, 1.165) is 0 Å². The van der Waals surface area contributed by atoms with E-state index in [-0.39, 0.29) is 5.91 Å². The van der Waals surface area contributed by atoms with Crippen molar-refractivity contribution in [3.05, 3.63) is 35.4 Å². The quantitative estimate of drug-likeness (QED) is 0.515. The van der Waals surface area contributed by atoms with Crippen molar-refractivity contribution in [1.29, 1.82) is 0 Å². The minimum absolute atomic E-state index is 0.0935. The van der Waals surface area contributed by atoms with Crippen molar-refractivity contribution in [3.63, 3.8) is 0 Å². The summed E-state index contributed by atoms with van der Waals surface area (Å²) in [6.45, 7) is 0.523. The van der Waals surface area contributed by atoms with Gasteiger partial charge < -0.3 is 14.7 Å². The second-order valence-corrected chi connectivity index (χ2v) is 4.20. The van der Waals surface area contributed by atoms with Gasteiger partial charge in [0.05, 0.1) is 0 Å². The molecule has 1 aliphatic heterocycles. The van der Waals surface area contributed by atoms with Gasteiger partial charge in [-0.3, -0.25) is 4.79 Å². The van der Waals surface area contributed by atoms with Crippen LogP contribution in [0.3, 0.4) is 0 Å². The van der Waals surface area contributed by atoms with Gasteiger partial charge in [-0.05, 0) is 26.5 Å². The molecule has 2 N–H and O–H groups in total. The van der Waals surface area contributed by atoms with Crippen LogP contribution in [0.15, 0.2) is 24.3 Å². The summed E-state index contributed by atoms with van der Waals surface area (Å²) < 4.78 is 1.53. The van der Waals surface area contributed by atoms with Crippen LogP contribution in [0.5, 0.6) is 0 Å². The highest BCUT2D eigenvalue weighted by Gasteiger charge is 2.19. The molecule has 82 valence electrons. The molecule has 1 unspecified atom stereocenters. The van der Waals surface area contributed by atoms with Crippen LogP contribution < -0.4 is 5.46 Å². The van der Waals surface area contributed by atoms with Crippen LogP contribution in [0.25, 0.3) is 6.08 Å². The van der Waals surface area contributed by atoms with E-state index in [1.807, 2.05) is 12.2 Å². The first-order valence-electron chi connectivity index (χ1n) is 4.83. The molecule has 4 nitrogen and oxygen atoms in total. The van der Waals surface area contributed by atoms with Gasteiger partial charge in [0.2, 0.25) is 0 Å². The van der Waals surface area contributed by atoms with Crippen LogP contribution in [0.2, 0.25) is 0 Å². The standard InChI is InChI=1S/C10H11BNO3P/c13-10-9-4-3-8(11(14)15)6-7(9)2-1-5-12(10)16/h1-4,6,14-15H,5,16H2. The Hall–Kier alpha value is -1.16. The smallest absolute Gasteiger partial charge is 0.423 e. The second kappa shape index (κ2) is 4.38. The minimum Gasteiger partial charge on any atom is -0.423 e. The Kier molecular flexibility index (Phi) is 3.10. The second-order valence-electron chi connectivity index (χ2n) is 3.58. The summed E-state index contributed by atoms with van der Waals surface area (Å²) in [5, 5.41) is 18.1. The van der Waals surface area contributed by atoms with Gasteiger partial charge in [0.15, 0.2) is 0 Å². The Morgan fingerprint density at radius 2 is 2.12 bits per heavy atom. The summed E-state index contributed by atoms with van der Waals surface area (Å²) in [7, 11) is 0.855. The first-order chi connectivity index (χ1) is 7.59. The topological polar surface area (TPSA) is 60.8 Å². The number of benzene rings is 1. The Labute approximate surface area is 96.0 Å². The van der Waals surface area contributed by atoms with E-state index in [2.05, 4.69) is 9.39 Å². The van der Waals surface area contributed by atoms with Gasteiger partial charge >= 0.3 is 7.12 Å². The highest BCUT2D eigenvalue weighted by molar-refractivity contribution is 7.14. The summed E-state index contributed by atoms with van der Waals surface area (Å²) in [6.07, 6.45) is 3.66. The molecule has 1 aliphatic rings. The van der Waals surface area contributed by atoms with E-state index < -0.39 is 7.12 Å². The molecule has 1 atom stereocenters. The Bertz CT molecular complexity index is 461. The van der Waals surface area contributed by atoms with Crippen LogP contribution in [-0.4, -0.2) is 34.3 Å². The van der Waals surface area contributed by atoms with E-state index in [4.69, 9.17) is 10.0 Å². The molecule has 16 heavy (non-hydrogen) atoms. The largest absolute Gasteiger partial charge is 0.488 e. The number of amides is 1. The van der Waals surface area contributed by atoms with E-state index >= 15 is 0 Å². The average Bonchev–Trinajstić information content (AvgIpc) is 2.40. The van der Waals surface area contributed by atoms with Crippen LogP contribution in [-0.2, 0) is 0 Å². The molecule has 0 saturated heterocycles. The molecule has 0 aliphatic carbocycles. The molecule has 6 heteroatoms. The Balaban J connectivity index is 2.50. The molecular weight excluding hydrogens is 224 g/mol. The highest BCUT2D eigenvalue weighted by atomic mass is 31.0. The van der Waals surface area contributed by atoms with Gasteiger partial charge in [0.25, 0.3) is 5.91 Å². The fourth-order valence-corrected chi connectivity index (χ4v) is 1.87. The number of nitrogens with zero attached hydrogens (tertiary/aromatic N) is 1. The van der Waals surface area contributed by atoms with Gasteiger partial charge in [-0.1, -0.05) is 24.3 Å². The maximum absolute atomic E-state index is 11.9. The SMILES string of the molecule is O=C1c2ccc(B(O)O)cc2C=CCN1P. The molecule has 2 rings (SSSR count). The molecule has 1 aromatic carbocycles. The maximum atomic E-state index is 11.9. The Morgan fingerprint density at radius 1 is 1.38 bits per heavy atom. The lowest BCUT2D eigenvalue weighted by atomic mass is 9.79. The molecule has 1 amide bonds. The monoisotopic (exact) mass is 235 g/mol. The van der Waals surface area contributed by atoms with E-state index in [0.29, 0.717) is 23.1 Å². The van der Waals surface area contributed by atoms with Crippen LogP contribution in [0.1, 0.15) is 15.9 Å². The van der Waals surface area contributed by atoms with Crippen molar-refractivity contribution in [2.24, 2.45) is 0 Å². The number of rotatable bonds is 1. The van der Waals surface area contributed by atoms with Crippen molar-refractivity contribution in [3.8, 4) is 0 Å². The number of hydrogen-bond donors (Lipinski definition) is 2. The lowest BCUT2D eigenvalue weighted by Gasteiger charge is -2.13. The molecule has 0 fully saturated rings. The molecular formula is C10H11BNO3P. The third-order valence-corrected chi connectivity index (χ3v) is 2.91. The minimum atomic E-state index is -1.51. The summed E-state index contributed by atoms with van der Waals surface area (Å²) in [6, 6.07) is 4.76. The van der Waals surface area contributed by atoms with Gasteiger partial charge in [-0.25, -0.2) is 0 Å². The number of fused-ring (bicyclic) bond motifs is 1. The zero-order chi connectivity index (χ0) is 11.7. The van der Waals surface area contributed by atoms with Crippen molar-refractivity contribution < 1.29 is 14.8 Å². The average molecular weight is 235 g/mol. The van der Waals surface area contributed by atoms with Crippen LogP contribution in [0.4, 0.5) is 0 Å². The number of carbonyl (C=O) groups excluding carboxylic acids is 1. The number of carbonyl (C=O) groups is 1. The van der Waals surface area contributed by atoms with Crippen molar-refractivity contribution in [2.45, 2.75) is 0 Å². The lowest BCUT2D eigenvalue weighted by molar-refractivity contribution is 0.0881. The lowest BCUT2D eigenvalue weighted by Crippen LogP contribution is -2.30. The predicted octanol–water partition coefficient (Wildman–Crippen LogP) is -0.375. The number of hydrogen-bond acceptors (Lipinski definition) is 3. The van der Waals surface area contributed by atoms with Gasteiger partial charge in [-0.15, -0.1) is 0 Å². The summed E-state index contributed by atoms with van der Waals surface area (Å²) >= 11 is 0. The van der Waals surface area contributed by atoms with E-state index in [9.17, 15) is 4.79 Å². The van der Waals surface area contributed by atoms with Gasteiger partial charge in [0, 0.05) is 12.1 Å². The van der Waals surface area contributed by atoms with Gasteiger partial charge in [0.1, 0.15) is 0 Å². The zero-order valence-corrected chi connectivity index (χ0v) is 9.65. The van der Waals surface area contributed by atoms with E-state index in [1.54, 1.807) is 18.2 Å². The molecule has 0 aromatic heterocycles. The molecule has 0 bridgehead atoms. The van der Waals surface area contributed by atoms with Crippen molar-refractivity contribution >= 4 is 34.0 Å². The fourth-order valence-electron chi connectivity index (χ4n) is 1.61. The molecule has 0 spiro atoms. The van der Waals surface area contributed by atoms with Crippen LogP contribution >= 0.6 is 9.39 Å². The summed E-state index contributed by atoms with van der Waals surface area (Å²) in [4.78, 5) is 11.9. The fraction of sp³-hybridized carbons (Fsp3) is 0.100. The van der Waals surface area contributed by atoms with Crippen molar-refractivity contribution in [2.75, 3.05) is 6.54 Å². The first kappa shape index (κ1) is 11.3. The first-order valence-corrected chi connectivity index (χ1v) is 5.34. The van der Waals surface area contributed by atoms with Gasteiger partial charge in [-0.2, -0.15) is 0 Å². The molecule has 0 saturated carbocycles. The third kappa shape index (κ3) is 2.02. The Morgan fingerprint density at radius 3 is 2.81 bits per heavy atom.